The molecule has 0 bridgehead atoms. The van der Waals surface area contributed by atoms with Crippen LogP contribution >= 0.6 is 0 Å². The van der Waals surface area contributed by atoms with Crippen molar-refractivity contribution < 1.29 is 18.7 Å². The summed E-state index contributed by atoms with van der Waals surface area (Å²) in [6, 6.07) is 11.5. The number of carbonyl (C=O) groups is 1. The molecule has 1 aliphatic rings. The minimum Gasteiger partial charge on any atom is -0.352 e. The van der Waals surface area contributed by atoms with Gasteiger partial charge >= 0.3 is 0 Å². The molecule has 0 atom stereocenters. The molecule has 4 aromatic rings. The van der Waals surface area contributed by atoms with Gasteiger partial charge in [-0.15, -0.1) is 0 Å². The topological polar surface area (TPSA) is 127 Å². The number of hydrogen-bond donors (Lipinski definition) is 3. The number of ether oxygens (including phenoxy) is 2. The monoisotopic (exact) mass is 517 g/mol. The molecule has 10 nitrogen and oxygen atoms in total. The Morgan fingerprint density at radius 3 is 2.55 bits per heavy atom. The molecule has 0 radical (unpaired) electrons. The fourth-order valence-electron chi connectivity index (χ4n) is 3.95. The number of hydrogen-bond acceptors (Lipinski definition) is 8. The van der Waals surface area contributed by atoms with Gasteiger partial charge in [-0.05, 0) is 63.2 Å². The van der Waals surface area contributed by atoms with Gasteiger partial charge in [0, 0.05) is 24.0 Å². The first-order valence-corrected chi connectivity index (χ1v) is 12.2. The fraction of sp³-hybridized carbons (Fsp3) is 0.296. The van der Waals surface area contributed by atoms with Gasteiger partial charge in [-0.1, -0.05) is 0 Å². The van der Waals surface area contributed by atoms with Crippen LogP contribution in [0.15, 0.2) is 61.1 Å². The van der Waals surface area contributed by atoms with E-state index in [9.17, 15) is 9.18 Å². The lowest BCUT2D eigenvalue weighted by Crippen LogP contribution is -2.45. The van der Waals surface area contributed by atoms with Gasteiger partial charge in [0.25, 0.3) is 0 Å². The molecule has 11 heteroatoms. The molecule has 38 heavy (non-hydrogen) atoms. The third-order valence-corrected chi connectivity index (χ3v) is 5.97. The molecular formula is C27H28FN7O3. The largest absolute Gasteiger partial charge is 0.352 e. The Bertz CT molecular complexity index is 1400. The van der Waals surface area contributed by atoms with Crippen LogP contribution in [0.25, 0.3) is 22.6 Å². The molecule has 0 aliphatic carbocycles. The summed E-state index contributed by atoms with van der Waals surface area (Å²) in [6.45, 7) is 5.99. The summed E-state index contributed by atoms with van der Waals surface area (Å²) in [5, 5.41) is 6.04. The van der Waals surface area contributed by atoms with E-state index in [0.717, 1.165) is 0 Å². The maximum Gasteiger partial charge on any atom is 0.235 e. The highest BCUT2D eigenvalue weighted by atomic mass is 19.1. The lowest BCUT2D eigenvalue weighted by atomic mass is 9.91. The zero-order valence-electron chi connectivity index (χ0n) is 21.2. The SMILES string of the molecule is CC(C)Nc1nccc(-c2[nH]c(C3OCC(C)(C(=O)Nc4cccnc4)CO3)nc2-c2ccc(F)cc2)n1. The van der Waals surface area contributed by atoms with Crippen LogP contribution in [0.3, 0.4) is 0 Å². The average Bonchev–Trinajstić information content (AvgIpc) is 3.35. The van der Waals surface area contributed by atoms with E-state index < -0.39 is 11.7 Å². The third kappa shape index (κ3) is 5.53. The molecule has 1 fully saturated rings. The standard InChI is InChI=1S/C27H28FN7O3/c1-16(2)31-26-30-12-10-20(33-26)22-21(17-6-8-18(28)9-7-17)34-23(35-22)24-37-14-27(3,15-38-24)25(36)32-19-5-4-11-29-13-19/h4-13,16,24H,14-15H2,1-3H3,(H,32,36)(H,34,35)(H,30,31,33). The number of aromatic amines is 1. The summed E-state index contributed by atoms with van der Waals surface area (Å²) in [4.78, 5) is 33.9. The smallest absolute Gasteiger partial charge is 0.235 e. The van der Waals surface area contributed by atoms with E-state index >= 15 is 0 Å². The molecular weight excluding hydrogens is 489 g/mol. The van der Waals surface area contributed by atoms with Crippen molar-refractivity contribution in [3.8, 4) is 22.6 Å². The number of rotatable bonds is 7. The minimum atomic E-state index is -0.911. The summed E-state index contributed by atoms with van der Waals surface area (Å²) in [5.41, 5.74) is 2.14. The lowest BCUT2D eigenvalue weighted by Gasteiger charge is -2.35. The Labute approximate surface area is 219 Å². The molecule has 1 saturated heterocycles. The van der Waals surface area contributed by atoms with Crippen molar-refractivity contribution in [3.63, 3.8) is 0 Å². The van der Waals surface area contributed by atoms with Gasteiger partial charge in [0.2, 0.25) is 18.1 Å². The zero-order chi connectivity index (χ0) is 26.7. The zero-order valence-corrected chi connectivity index (χ0v) is 21.2. The van der Waals surface area contributed by atoms with Crippen LogP contribution in [0, 0.1) is 11.2 Å². The highest BCUT2D eigenvalue weighted by Gasteiger charge is 2.41. The van der Waals surface area contributed by atoms with Crippen molar-refractivity contribution in [2.45, 2.75) is 33.1 Å². The number of H-pyrrole nitrogens is 1. The summed E-state index contributed by atoms with van der Waals surface area (Å²) in [5.74, 6) is 0.298. The van der Waals surface area contributed by atoms with E-state index in [-0.39, 0.29) is 31.0 Å². The van der Waals surface area contributed by atoms with Gasteiger partial charge in [0.05, 0.1) is 47.6 Å². The molecule has 1 aliphatic heterocycles. The normalized spacial score (nSPS) is 19.3. The molecule has 3 N–H and O–H groups in total. The predicted molar refractivity (Wildman–Crippen MR) is 139 cm³/mol. The predicted octanol–water partition coefficient (Wildman–Crippen LogP) is 4.58. The number of nitrogens with one attached hydrogen (secondary N) is 3. The molecule has 1 aromatic carbocycles. The lowest BCUT2D eigenvalue weighted by molar-refractivity contribution is -0.229. The van der Waals surface area contributed by atoms with Crippen molar-refractivity contribution in [2.24, 2.45) is 5.41 Å². The number of nitrogens with zero attached hydrogens (tertiary/aromatic N) is 4. The van der Waals surface area contributed by atoms with Crippen molar-refractivity contribution in [3.05, 3.63) is 72.7 Å². The Morgan fingerprint density at radius 2 is 1.87 bits per heavy atom. The van der Waals surface area contributed by atoms with Crippen molar-refractivity contribution in [1.29, 1.82) is 0 Å². The summed E-state index contributed by atoms with van der Waals surface area (Å²) < 4.78 is 25.6. The number of imidazole rings is 1. The molecule has 4 heterocycles. The van der Waals surface area contributed by atoms with Crippen LogP contribution in [0.5, 0.6) is 0 Å². The second-order valence-corrected chi connectivity index (χ2v) is 9.63. The number of benzene rings is 1. The Hall–Kier alpha value is -4.22. The van der Waals surface area contributed by atoms with Gasteiger partial charge in [-0.2, -0.15) is 0 Å². The van der Waals surface area contributed by atoms with Gasteiger partial charge in [-0.25, -0.2) is 19.3 Å². The van der Waals surface area contributed by atoms with E-state index in [1.165, 1.54) is 12.1 Å². The highest BCUT2D eigenvalue weighted by molar-refractivity contribution is 5.95. The van der Waals surface area contributed by atoms with E-state index in [0.29, 0.717) is 40.1 Å². The number of aromatic nitrogens is 5. The van der Waals surface area contributed by atoms with E-state index in [4.69, 9.17) is 14.5 Å². The number of pyridine rings is 1. The van der Waals surface area contributed by atoms with Gasteiger partial charge in [-0.3, -0.25) is 9.78 Å². The third-order valence-electron chi connectivity index (χ3n) is 5.97. The van der Waals surface area contributed by atoms with Gasteiger partial charge in [0.15, 0.2) is 5.82 Å². The molecule has 0 spiro atoms. The molecule has 0 saturated carbocycles. The van der Waals surface area contributed by atoms with E-state index in [1.54, 1.807) is 55.8 Å². The molecule has 3 aromatic heterocycles. The van der Waals surface area contributed by atoms with Crippen LogP contribution in [-0.4, -0.2) is 50.1 Å². The van der Waals surface area contributed by atoms with E-state index in [1.807, 2.05) is 13.8 Å². The number of anilines is 2. The van der Waals surface area contributed by atoms with Crippen molar-refractivity contribution >= 4 is 17.5 Å². The highest BCUT2D eigenvalue weighted by Crippen LogP contribution is 2.36. The number of amides is 1. The first-order chi connectivity index (χ1) is 18.3. The van der Waals surface area contributed by atoms with Gasteiger partial charge in [0.1, 0.15) is 5.82 Å². The Kier molecular flexibility index (Phi) is 7.12. The second kappa shape index (κ2) is 10.6. The summed E-state index contributed by atoms with van der Waals surface area (Å²) >= 11 is 0. The Morgan fingerprint density at radius 1 is 1.11 bits per heavy atom. The van der Waals surface area contributed by atoms with Crippen molar-refractivity contribution in [1.82, 2.24) is 24.9 Å². The first-order valence-electron chi connectivity index (χ1n) is 12.2. The molecule has 5 rings (SSSR count). The minimum absolute atomic E-state index is 0.113. The number of carbonyl (C=O) groups excluding carboxylic acids is 1. The second-order valence-electron chi connectivity index (χ2n) is 9.63. The molecule has 1 amide bonds. The Balaban J connectivity index is 1.40. The molecule has 0 unspecified atom stereocenters. The van der Waals surface area contributed by atoms with Crippen LogP contribution < -0.4 is 10.6 Å². The van der Waals surface area contributed by atoms with Crippen LogP contribution in [-0.2, 0) is 14.3 Å². The first kappa shape index (κ1) is 25.4. The molecule has 196 valence electrons. The number of halogens is 1. The summed E-state index contributed by atoms with van der Waals surface area (Å²) in [6.07, 6.45) is 4.03. The summed E-state index contributed by atoms with van der Waals surface area (Å²) in [7, 11) is 0. The maximum absolute atomic E-state index is 13.6. The fourth-order valence-corrected chi connectivity index (χ4v) is 3.95. The van der Waals surface area contributed by atoms with E-state index in [2.05, 4.69) is 30.6 Å². The quantitative estimate of drug-likeness (QED) is 0.325. The van der Waals surface area contributed by atoms with Crippen LogP contribution in [0.1, 0.15) is 32.9 Å². The van der Waals surface area contributed by atoms with Crippen molar-refractivity contribution in [2.75, 3.05) is 23.8 Å². The van der Waals surface area contributed by atoms with Crippen LogP contribution in [0.2, 0.25) is 0 Å². The van der Waals surface area contributed by atoms with Gasteiger partial charge < -0.3 is 25.1 Å². The maximum atomic E-state index is 13.6. The van der Waals surface area contributed by atoms with Crippen LogP contribution in [0.4, 0.5) is 16.0 Å². The average molecular weight is 518 g/mol.